The summed E-state index contributed by atoms with van der Waals surface area (Å²) in [5, 5.41) is 11.9. The van der Waals surface area contributed by atoms with E-state index in [1.807, 2.05) is 24.3 Å². The first kappa shape index (κ1) is 15.5. The Labute approximate surface area is 125 Å². The number of anilines is 1. The molecule has 4 nitrogen and oxygen atoms in total. The minimum absolute atomic E-state index is 0.0601. The number of carboxylic acid groups (broad SMARTS) is 1. The fourth-order valence-electron chi connectivity index (χ4n) is 2.82. The number of carboxylic acids is 1. The van der Waals surface area contributed by atoms with Crippen LogP contribution in [0.2, 0.25) is 0 Å². The van der Waals surface area contributed by atoms with E-state index in [2.05, 4.69) is 19.2 Å². The third kappa shape index (κ3) is 3.84. The molecule has 0 aromatic heterocycles. The van der Waals surface area contributed by atoms with Crippen molar-refractivity contribution in [1.29, 1.82) is 0 Å². The Hall–Kier alpha value is -1.84. The number of hydrogen-bond acceptors (Lipinski definition) is 2. The SMILES string of the molecule is CCC(C)c1ccc(NC(=O)C2CCC(C(=O)O)C2)cc1. The van der Waals surface area contributed by atoms with E-state index in [4.69, 9.17) is 5.11 Å². The van der Waals surface area contributed by atoms with Crippen LogP contribution in [0.5, 0.6) is 0 Å². The summed E-state index contributed by atoms with van der Waals surface area (Å²) in [7, 11) is 0. The average molecular weight is 289 g/mol. The summed E-state index contributed by atoms with van der Waals surface area (Å²) in [5.41, 5.74) is 2.05. The number of carbonyl (C=O) groups excluding carboxylic acids is 1. The van der Waals surface area contributed by atoms with E-state index in [9.17, 15) is 9.59 Å². The molecule has 21 heavy (non-hydrogen) atoms. The van der Waals surface area contributed by atoms with Crippen molar-refractivity contribution in [3.63, 3.8) is 0 Å². The first-order chi connectivity index (χ1) is 10.0. The minimum Gasteiger partial charge on any atom is -0.481 e. The largest absolute Gasteiger partial charge is 0.481 e. The predicted octanol–water partition coefficient (Wildman–Crippen LogP) is 3.64. The van der Waals surface area contributed by atoms with E-state index in [0.29, 0.717) is 25.2 Å². The van der Waals surface area contributed by atoms with Gasteiger partial charge in [-0.1, -0.05) is 26.0 Å². The first-order valence-corrected chi connectivity index (χ1v) is 7.64. The molecule has 3 unspecified atom stereocenters. The van der Waals surface area contributed by atoms with Gasteiger partial charge in [0.05, 0.1) is 5.92 Å². The maximum absolute atomic E-state index is 12.2. The molecule has 0 spiro atoms. The lowest BCUT2D eigenvalue weighted by molar-refractivity contribution is -0.141. The lowest BCUT2D eigenvalue weighted by atomic mass is 9.98. The summed E-state index contributed by atoms with van der Waals surface area (Å²) < 4.78 is 0. The smallest absolute Gasteiger partial charge is 0.306 e. The Morgan fingerprint density at radius 2 is 1.86 bits per heavy atom. The number of benzene rings is 1. The van der Waals surface area contributed by atoms with Crippen LogP contribution in [0.3, 0.4) is 0 Å². The topological polar surface area (TPSA) is 66.4 Å². The molecule has 0 saturated heterocycles. The van der Waals surface area contributed by atoms with Gasteiger partial charge in [0.15, 0.2) is 0 Å². The van der Waals surface area contributed by atoms with Gasteiger partial charge in [-0.3, -0.25) is 9.59 Å². The third-order valence-electron chi connectivity index (χ3n) is 4.51. The van der Waals surface area contributed by atoms with Crippen LogP contribution in [-0.4, -0.2) is 17.0 Å². The van der Waals surface area contributed by atoms with Crippen LogP contribution in [0.15, 0.2) is 24.3 Å². The molecule has 114 valence electrons. The van der Waals surface area contributed by atoms with Crippen molar-refractivity contribution in [1.82, 2.24) is 0 Å². The molecule has 1 aromatic carbocycles. The molecular weight excluding hydrogens is 266 g/mol. The van der Waals surface area contributed by atoms with Gasteiger partial charge >= 0.3 is 5.97 Å². The van der Waals surface area contributed by atoms with Crippen molar-refractivity contribution in [2.45, 2.75) is 45.4 Å². The number of aliphatic carboxylic acids is 1. The normalized spacial score (nSPS) is 22.8. The summed E-state index contributed by atoms with van der Waals surface area (Å²) in [6, 6.07) is 7.92. The van der Waals surface area contributed by atoms with E-state index in [1.54, 1.807) is 0 Å². The number of hydrogen-bond donors (Lipinski definition) is 2. The van der Waals surface area contributed by atoms with Crippen LogP contribution < -0.4 is 5.32 Å². The van der Waals surface area contributed by atoms with Crippen molar-refractivity contribution < 1.29 is 14.7 Å². The zero-order chi connectivity index (χ0) is 15.4. The van der Waals surface area contributed by atoms with Crippen molar-refractivity contribution >= 4 is 17.6 Å². The van der Waals surface area contributed by atoms with Gasteiger partial charge in [-0.25, -0.2) is 0 Å². The number of carbonyl (C=O) groups is 2. The molecule has 1 saturated carbocycles. The molecule has 0 bridgehead atoms. The molecule has 1 aliphatic carbocycles. The third-order valence-corrected chi connectivity index (χ3v) is 4.51. The molecule has 0 radical (unpaired) electrons. The van der Waals surface area contributed by atoms with Crippen molar-refractivity contribution in [3.8, 4) is 0 Å². The monoisotopic (exact) mass is 289 g/mol. The van der Waals surface area contributed by atoms with Gasteiger partial charge in [0, 0.05) is 11.6 Å². The molecule has 1 aromatic rings. The standard InChI is InChI=1S/C17H23NO3/c1-3-11(2)12-6-8-15(9-7-12)18-16(19)13-4-5-14(10-13)17(20)21/h6-9,11,13-14H,3-5,10H2,1-2H3,(H,18,19)(H,20,21). The summed E-state index contributed by atoms with van der Waals surface area (Å²) >= 11 is 0. The molecule has 2 rings (SSSR count). The maximum Gasteiger partial charge on any atom is 0.306 e. The van der Waals surface area contributed by atoms with Crippen molar-refractivity contribution in [2.75, 3.05) is 5.32 Å². The van der Waals surface area contributed by atoms with Crippen molar-refractivity contribution in [3.05, 3.63) is 29.8 Å². The van der Waals surface area contributed by atoms with Gasteiger partial charge < -0.3 is 10.4 Å². The molecule has 1 aliphatic rings. The molecular formula is C17H23NO3. The second-order valence-corrected chi connectivity index (χ2v) is 5.97. The number of rotatable bonds is 5. The Morgan fingerprint density at radius 1 is 1.24 bits per heavy atom. The summed E-state index contributed by atoms with van der Waals surface area (Å²) in [5.74, 6) is -0.881. The number of amides is 1. The van der Waals surface area contributed by atoms with Gasteiger partial charge in [-0.05, 0) is 49.3 Å². The zero-order valence-electron chi connectivity index (χ0n) is 12.6. The Morgan fingerprint density at radius 3 is 2.38 bits per heavy atom. The van der Waals surface area contributed by atoms with Crippen LogP contribution in [0.1, 0.15) is 51.0 Å². The zero-order valence-corrected chi connectivity index (χ0v) is 12.6. The molecule has 1 amide bonds. The Kier molecular flexibility index (Phi) is 4.99. The van der Waals surface area contributed by atoms with E-state index >= 15 is 0 Å². The van der Waals surface area contributed by atoms with E-state index in [1.165, 1.54) is 5.56 Å². The fourth-order valence-corrected chi connectivity index (χ4v) is 2.82. The van der Waals surface area contributed by atoms with Crippen LogP contribution in [0.25, 0.3) is 0 Å². The lowest BCUT2D eigenvalue weighted by Gasteiger charge is -2.13. The highest BCUT2D eigenvalue weighted by atomic mass is 16.4. The van der Waals surface area contributed by atoms with Crippen molar-refractivity contribution in [2.24, 2.45) is 11.8 Å². The highest BCUT2D eigenvalue weighted by Crippen LogP contribution is 2.32. The molecule has 3 atom stereocenters. The number of nitrogens with one attached hydrogen (secondary N) is 1. The van der Waals surface area contributed by atoms with Crippen LogP contribution in [-0.2, 0) is 9.59 Å². The first-order valence-electron chi connectivity index (χ1n) is 7.64. The summed E-state index contributed by atoms with van der Waals surface area (Å²) in [6.07, 6.45) is 2.80. The molecule has 0 aliphatic heterocycles. The fraction of sp³-hybridized carbons (Fsp3) is 0.529. The lowest BCUT2D eigenvalue weighted by Crippen LogP contribution is -2.21. The summed E-state index contributed by atoms with van der Waals surface area (Å²) in [6.45, 7) is 4.33. The second kappa shape index (κ2) is 6.74. The van der Waals surface area contributed by atoms with Crippen LogP contribution in [0, 0.1) is 11.8 Å². The molecule has 0 heterocycles. The predicted molar refractivity (Wildman–Crippen MR) is 82.2 cm³/mol. The van der Waals surface area contributed by atoms with Gasteiger partial charge in [0.1, 0.15) is 0 Å². The van der Waals surface area contributed by atoms with Gasteiger partial charge in [0.25, 0.3) is 0 Å². The maximum atomic E-state index is 12.2. The van der Waals surface area contributed by atoms with Gasteiger partial charge in [-0.2, -0.15) is 0 Å². The highest BCUT2D eigenvalue weighted by Gasteiger charge is 2.33. The Bertz CT molecular complexity index is 509. The second-order valence-electron chi connectivity index (χ2n) is 5.97. The quantitative estimate of drug-likeness (QED) is 0.869. The van der Waals surface area contributed by atoms with Gasteiger partial charge in [-0.15, -0.1) is 0 Å². The van der Waals surface area contributed by atoms with E-state index in [-0.39, 0.29) is 17.7 Å². The Balaban J connectivity index is 1.93. The van der Waals surface area contributed by atoms with Crippen LogP contribution in [0.4, 0.5) is 5.69 Å². The average Bonchev–Trinajstić information content (AvgIpc) is 2.97. The minimum atomic E-state index is -0.789. The van der Waals surface area contributed by atoms with Crippen LogP contribution >= 0.6 is 0 Å². The molecule has 4 heteroatoms. The summed E-state index contributed by atoms with van der Waals surface area (Å²) in [4.78, 5) is 23.1. The van der Waals surface area contributed by atoms with E-state index < -0.39 is 5.97 Å². The molecule has 2 N–H and O–H groups in total. The molecule has 1 fully saturated rings. The van der Waals surface area contributed by atoms with Gasteiger partial charge in [0.2, 0.25) is 5.91 Å². The highest BCUT2D eigenvalue weighted by molar-refractivity contribution is 5.93. The van der Waals surface area contributed by atoms with E-state index in [0.717, 1.165) is 12.1 Å².